The van der Waals surface area contributed by atoms with Crippen molar-refractivity contribution >= 4 is 16.7 Å². The van der Waals surface area contributed by atoms with Crippen LogP contribution in [0, 0.1) is 17.8 Å². The summed E-state index contributed by atoms with van der Waals surface area (Å²) in [5, 5.41) is 21.3. The fourth-order valence-corrected chi connectivity index (χ4v) is 7.60. The van der Waals surface area contributed by atoms with E-state index in [2.05, 4.69) is 36.4 Å². The van der Waals surface area contributed by atoms with E-state index in [9.17, 15) is 15.0 Å². The minimum absolute atomic E-state index is 0.0910. The molecule has 0 aliphatic heterocycles. The van der Waals surface area contributed by atoms with E-state index in [-0.39, 0.29) is 24.6 Å². The van der Waals surface area contributed by atoms with Crippen molar-refractivity contribution in [3.8, 4) is 16.9 Å². The maximum atomic E-state index is 11.9. The average molecular weight is 487 g/mol. The van der Waals surface area contributed by atoms with Crippen molar-refractivity contribution in [3.05, 3.63) is 65.7 Å². The van der Waals surface area contributed by atoms with Gasteiger partial charge in [0.25, 0.3) is 0 Å². The number of carbonyl (C=O) groups is 1. The number of ether oxygens (including phenoxy) is 2. The number of benzene rings is 3. The number of hydrogen-bond donors (Lipinski definition) is 2. The van der Waals surface area contributed by atoms with Crippen LogP contribution in [-0.2, 0) is 10.2 Å². The number of hydrogen-bond acceptors (Lipinski definition) is 5. The van der Waals surface area contributed by atoms with E-state index in [0.717, 1.165) is 45.4 Å². The molecule has 0 aromatic heterocycles. The molecular formula is C31H34O5. The second-order valence-electron chi connectivity index (χ2n) is 11.3. The van der Waals surface area contributed by atoms with E-state index >= 15 is 0 Å². The van der Waals surface area contributed by atoms with Crippen LogP contribution in [0.2, 0.25) is 0 Å². The van der Waals surface area contributed by atoms with Crippen LogP contribution >= 0.6 is 0 Å². The highest BCUT2D eigenvalue weighted by atomic mass is 16.5. The molecule has 4 bridgehead atoms. The monoisotopic (exact) mass is 486 g/mol. The second-order valence-corrected chi connectivity index (χ2v) is 11.3. The maximum absolute atomic E-state index is 11.9. The molecule has 188 valence electrons. The predicted molar refractivity (Wildman–Crippen MR) is 139 cm³/mol. The summed E-state index contributed by atoms with van der Waals surface area (Å²) in [4.78, 5) is 11.9. The highest BCUT2D eigenvalue weighted by Gasteiger charge is 2.52. The number of rotatable bonds is 7. The molecule has 4 saturated carbocycles. The molecular weight excluding hydrogens is 452 g/mol. The number of aliphatic hydroxyl groups is 2. The lowest BCUT2D eigenvalue weighted by Crippen LogP contribution is -2.48. The third-order valence-corrected chi connectivity index (χ3v) is 8.83. The van der Waals surface area contributed by atoms with Gasteiger partial charge in [0.2, 0.25) is 0 Å². The molecule has 4 aliphatic rings. The third kappa shape index (κ3) is 4.18. The Hall–Kier alpha value is -2.89. The summed E-state index contributed by atoms with van der Waals surface area (Å²) in [6.07, 6.45) is 6.88. The van der Waals surface area contributed by atoms with Crippen molar-refractivity contribution < 1.29 is 24.5 Å². The summed E-state index contributed by atoms with van der Waals surface area (Å²) in [7, 11) is 1.40. The van der Waals surface area contributed by atoms with Gasteiger partial charge in [-0.05, 0) is 114 Å². The van der Waals surface area contributed by atoms with Gasteiger partial charge in [0.15, 0.2) is 0 Å². The number of carbonyl (C=O) groups excluding carboxylic acids is 1. The quantitative estimate of drug-likeness (QED) is 0.432. The Bertz CT molecular complexity index is 1260. The van der Waals surface area contributed by atoms with Crippen LogP contribution < -0.4 is 4.74 Å². The van der Waals surface area contributed by atoms with Gasteiger partial charge in [0.1, 0.15) is 18.5 Å². The predicted octanol–water partition coefficient (Wildman–Crippen LogP) is 5.49. The van der Waals surface area contributed by atoms with Gasteiger partial charge in [0, 0.05) is 5.56 Å². The minimum atomic E-state index is -0.885. The van der Waals surface area contributed by atoms with Gasteiger partial charge in [-0.1, -0.05) is 24.3 Å². The summed E-state index contributed by atoms with van der Waals surface area (Å²) in [5.41, 5.74) is 4.23. The molecule has 4 aliphatic carbocycles. The van der Waals surface area contributed by atoms with Gasteiger partial charge in [-0.2, -0.15) is 0 Å². The van der Waals surface area contributed by atoms with Crippen molar-refractivity contribution in [1.29, 1.82) is 0 Å². The van der Waals surface area contributed by atoms with E-state index in [0.29, 0.717) is 5.56 Å². The zero-order valence-corrected chi connectivity index (χ0v) is 20.8. The van der Waals surface area contributed by atoms with E-state index in [4.69, 9.17) is 9.47 Å². The Balaban J connectivity index is 1.39. The fraction of sp³-hybridized carbons (Fsp3) is 0.452. The number of fused-ring (bicyclic) bond motifs is 1. The summed E-state index contributed by atoms with van der Waals surface area (Å²) in [6.45, 7) is -0.215. The number of methoxy groups -OCH3 is 1. The molecule has 4 fully saturated rings. The third-order valence-electron chi connectivity index (χ3n) is 8.83. The van der Waals surface area contributed by atoms with E-state index in [1.165, 1.54) is 51.2 Å². The Morgan fingerprint density at radius 2 is 1.53 bits per heavy atom. The zero-order chi connectivity index (χ0) is 24.9. The van der Waals surface area contributed by atoms with Crippen molar-refractivity contribution in [2.45, 2.75) is 50.0 Å². The van der Waals surface area contributed by atoms with Crippen LogP contribution in [0.1, 0.15) is 54.4 Å². The fourth-order valence-electron chi connectivity index (χ4n) is 7.60. The molecule has 7 rings (SSSR count). The molecule has 1 atom stereocenters. The molecule has 0 spiro atoms. The molecule has 3 aromatic rings. The molecule has 5 heteroatoms. The molecule has 0 radical (unpaired) electrons. The maximum Gasteiger partial charge on any atom is 0.337 e. The van der Waals surface area contributed by atoms with Gasteiger partial charge < -0.3 is 19.7 Å². The Morgan fingerprint density at radius 3 is 2.19 bits per heavy atom. The average Bonchev–Trinajstić information content (AvgIpc) is 2.89. The van der Waals surface area contributed by atoms with Crippen molar-refractivity contribution in [3.63, 3.8) is 0 Å². The van der Waals surface area contributed by atoms with Crippen LogP contribution in [-0.4, -0.2) is 42.6 Å². The van der Waals surface area contributed by atoms with Gasteiger partial charge in [-0.3, -0.25) is 0 Å². The second kappa shape index (κ2) is 9.20. The summed E-state index contributed by atoms with van der Waals surface area (Å²) < 4.78 is 11.0. The van der Waals surface area contributed by atoms with Crippen LogP contribution in [0.3, 0.4) is 0 Å². The SMILES string of the molecule is COC(=O)c1ccc2cc(-c3ccc(OCC(O)CO)c(C45CC6CC(CC(C6)C4)C5)c3)ccc2c1. The molecule has 0 saturated heterocycles. The summed E-state index contributed by atoms with van der Waals surface area (Å²) in [6, 6.07) is 18.5. The van der Waals surface area contributed by atoms with Crippen LogP contribution in [0.25, 0.3) is 21.9 Å². The molecule has 0 amide bonds. The highest BCUT2D eigenvalue weighted by Crippen LogP contribution is 2.62. The van der Waals surface area contributed by atoms with Crippen molar-refractivity contribution in [2.75, 3.05) is 20.3 Å². The Morgan fingerprint density at radius 1 is 0.917 bits per heavy atom. The van der Waals surface area contributed by atoms with Gasteiger partial charge >= 0.3 is 5.97 Å². The van der Waals surface area contributed by atoms with E-state index < -0.39 is 6.10 Å². The lowest BCUT2D eigenvalue weighted by atomic mass is 9.48. The normalized spacial score (nSPS) is 27.2. The largest absolute Gasteiger partial charge is 0.490 e. The lowest BCUT2D eigenvalue weighted by Gasteiger charge is -2.57. The first kappa shape index (κ1) is 23.5. The van der Waals surface area contributed by atoms with Crippen molar-refractivity contribution in [1.82, 2.24) is 0 Å². The molecule has 2 N–H and O–H groups in total. The summed E-state index contributed by atoms with van der Waals surface area (Å²) in [5.74, 6) is 2.93. The topological polar surface area (TPSA) is 76.0 Å². The molecule has 3 aromatic carbocycles. The van der Waals surface area contributed by atoms with Crippen molar-refractivity contribution in [2.24, 2.45) is 17.8 Å². The number of aliphatic hydroxyl groups excluding tert-OH is 2. The lowest BCUT2D eigenvalue weighted by molar-refractivity contribution is -0.00735. The smallest absolute Gasteiger partial charge is 0.337 e. The van der Waals surface area contributed by atoms with Crippen LogP contribution in [0.4, 0.5) is 0 Å². The molecule has 0 heterocycles. The minimum Gasteiger partial charge on any atom is -0.490 e. The van der Waals surface area contributed by atoms with E-state index in [1.54, 1.807) is 0 Å². The molecule has 5 nitrogen and oxygen atoms in total. The first-order chi connectivity index (χ1) is 17.5. The van der Waals surface area contributed by atoms with Crippen LogP contribution in [0.5, 0.6) is 5.75 Å². The van der Waals surface area contributed by atoms with Gasteiger partial charge in [-0.15, -0.1) is 0 Å². The Kier molecular flexibility index (Phi) is 6.01. The first-order valence-electron chi connectivity index (χ1n) is 13.1. The molecule has 1 unspecified atom stereocenters. The van der Waals surface area contributed by atoms with Gasteiger partial charge in [-0.25, -0.2) is 4.79 Å². The van der Waals surface area contributed by atoms with E-state index in [1.807, 2.05) is 18.2 Å². The highest BCUT2D eigenvalue weighted by molar-refractivity contribution is 5.96. The van der Waals surface area contributed by atoms with Crippen LogP contribution in [0.15, 0.2) is 54.6 Å². The zero-order valence-electron chi connectivity index (χ0n) is 20.8. The molecule has 36 heavy (non-hydrogen) atoms. The first-order valence-corrected chi connectivity index (χ1v) is 13.1. The standard InChI is InChI=1S/C31H34O5/c1-35-30(34)26-5-4-22-11-23(2-3-24(22)12-26)25-6-7-29(36-18-27(33)17-32)28(13-25)31-14-19-8-20(15-31)10-21(9-19)16-31/h2-7,11-13,19-21,27,32-33H,8-10,14-18H2,1H3. The number of esters is 1. The van der Waals surface area contributed by atoms with Gasteiger partial charge in [0.05, 0.1) is 19.3 Å². The summed E-state index contributed by atoms with van der Waals surface area (Å²) >= 11 is 0. The Labute approximate surface area is 212 Å².